The molecule has 0 radical (unpaired) electrons. The van der Waals surface area contributed by atoms with E-state index < -0.39 is 0 Å². The quantitative estimate of drug-likeness (QED) is 0.837. The van der Waals surface area contributed by atoms with E-state index in [1.165, 1.54) is 10.4 Å². The van der Waals surface area contributed by atoms with Crippen molar-refractivity contribution < 1.29 is 4.74 Å². The number of rotatable bonds is 2. The summed E-state index contributed by atoms with van der Waals surface area (Å²) in [5.41, 5.74) is 12.5. The van der Waals surface area contributed by atoms with Gasteiger partial charge in [0.05, 0.1) is 11.5 Å². The van der Waals surface area contributed by atoms with E-state index in [0.717, 1.165) is 6.42 Å². The highest BCUT2D eigenvalue weighted by Crippen LogP contribution is 2.34. The third-order valence-electron chi connectivity index (χ3n) is 2.98. The Hall–Kier alpha value is -1.93. The first-order chi connectivity index (χ1) is 9.15. The fourth-order valence-corrected chi connectivity index (χ4v) is 3.12. The molecule has 4 N–H and O–H groups in total. The average Bonchev–Trinajstić information content (AvgIpc) is 2.84. The van der Waals surface area contributed by atoms with Crippen LogP contribution in [0, 0.1) is 0 Å². The van der Waals surface area contributed by atoms with Crippen molar-refractivity contribution in [1.82, 2.24) is 15.0 Å². The van der Waals surface area contributed by atoms with E-state index in [4.69, 9.17) is 16.2 Å². The van der Waals surface area contributed by atoms with E-state index in [1.807, 2.05) is 11.9 Å². The molecular formula is C11H14N6OS. The zero-order valence-electron chi connectivity index (χ0n) is 10.4. The first-order valence-electron chi connectivity index (χ1n) is 5.83. The van der Waals surface area contributed by atoms with Crippen LogP contribution in [0.2, 0.25) is 0 Å². The Balaban J connectivity index is 1.95. The Labute approximate surface area is 114 Å². The molecule has 3 heterocycles. The summed E-state index contributed by atoms with van der Waals surface area (Å²) in [6.07, 6.45) is 0.731. The van der Waals surface area contributed by atoms with Gasteiger partial charge in [0.25, 0.3) is 0 Å². The Bertz CT molecular complexity index is 580. The van der Waals surface area contributed by atoms with Crippen LogP contribution in [0.3, 0.4) is 0 Å². The summed E-state index contributed by atoms with van der Waals surface area (Å²) in [5, 5.41) is 2.07. The first kappa shape index (κ1) is 12.1. The van der Waals surface area contributed by atoms with Crippen LogP contribution < -0.4 is 16.4 Å². The van der Waals surface area contributed by atoms with Crippen molar-refractivity contribution in [2.75, 3.05) is 30.0 Å². The van der Waals surface area contributed by atoms with Gasteiger partial charge in [-0.15, -0.1) is 11.3 Å². The number of nitrogens with zero attached hydrogens (tertiary/aromatic N) is 4. The molecule has 1 aliphatic rings. The second kappa shape index (κ2) is 4.63. The van der Waals surface area contributed by atoms with Gasteiger partial charge in [0, 0.05) is 7.05 Å². The Morgan fingerprint density at radius 1 is 1.32 bits per heavy atom. The molecule has 1 atom stereocenters. The van der Waals surface area contributed by atoms with Crippen LogP contribution in [-0.2, 0) is 11.2 Å². The number of hydrogen-bond acceptors (Lipinski definition) is 8. The highest BCUT2D eigenvalue weighted by Gasteiger charge is 2.27. The van der Waals surface area contributed by atoms with Crippen molar-refractivity contribution in [2.24, 2.45) is 0 Å². The lowest BCUT2D eigenvalue weighted by molar-refractivity contribution is 0.0454. The number of nitrogens with two attached hydrogens (primary N) is 2. The number of ether oxygens (including phenoxy) is 1. The van der Waals surface area contributed by atoms with Crippen molar-refractivity contribution in [3.05, 3.63) is 21.9 Å². The molecule has 0 amide bonds. The van der Waals surface area contributed by atoms with Crippen molar-refractivity contribution in [3.8, 4) is 0 Å². The van der Waals surface area contributed by atoms with Gasteiger partial charge in [-0.3, -0.25) is 0 Å². The minimum atomic E-state index is -0.204. The first-order valence-corrected chi connectivity index (χ1v) is 6.71. The van der Waals surface area contributed by atoms with Crippen LogP contribution in [0.5, 0.6) is 0 Å². The van der Waals surface area contributed by atoms with Crippen molar-refractivity contribution in [2.45, 2.75) is 12.6 Å². The molecule has 0 saturated heterocycles. The fraction of sp³-hybridized carbons (Fsp3) is 0.364. The zero-order valence-corrected chi connectivity index (χ0v) is 11.2. The molecule has 1 unspecified atom stereocenters. The van der Waals surface area contributed by atoms with E-state index in [1.54, 1.807) is 11.3 Å². The van der Waals surface area contributed by atoms with E-state index in [9.17, 15) is 0 Å². The van der Waals surface area contributed by atoms with Gasteiger partial charge in [-0.1, -0.05) is 0 Å². The fourth-order valence-electron chi connectivity index (χ4n) is 2.07. The van der Waals surface area contributed by atoms with Gasteiger partial charge < -0.3 is 21.1 Å². The normalized spacial score (nSPS) is 18.1. The number of aromatic nitrogens is 3. The molecule has 0 aromatic carbocycles. The number of hydrogen-bond donors (Lipinski definition) is 2. The molecule has 19 heavy (non-hydrogen) atoms. The van der Waals surface area contributed by atoms with Gasteiger partial charge in [0.1, 0.15) is 0 Å². The Morgan fingerprint density at radius 2 is 2.05 bits per heavy atom. The van der Waals surface area contributed by atoms with Crippen LogP contribution >= 0.6 is 11.3 Å². The minimum absolute atomic E-state index is 0.108. The molecule has 0 saturated carbocycles. The SMILES string of the molecule is CN(c1nc(N)nc(N)n1)C1OCCc2ccsc21. The molecule has 0 aliphatic carbocycles. The van der Waals surface area contributed by atoms with E-state index in [2.05, 4.69) is 26.4 Å². The zero-order chi connectivity index (χ0) is 13.4. The third-order valence-corrected chi connectivity index (χ3v) is 3.97. The van der Waals surface area contributed by atoms with E-state index in [0.29, 0.717) is 12.6 Å². The highest BCUT2D eigenvalue weighted by molar-refractivity contribution is 7.10. The summed E-state index contributed by atoms with van der Waals surface area (Å²) >= 11 is 1.66. The third kappa shape index (κ3) is 2.20. The summed E-state index contributed by atoms with van der Waals surface area (Å²) in [4.78, 5) is 14.9. The van der Waals surface area contributed by atoms with Crippen LogP contribution in [0.25, 0.3) is 0 Å². The maximum Gasteiger partial charge on any atom is 0.234 e. The van der Waals surface area contributed by atoms with E-state index in [-0.39, 0.29) is 18.1 Å². The topological polar surface area (TPSA) is 103 Å². The van der Waals surface area contributed by atoms with Crippen LogP contribution in [-0.4, -0.2) is 28.6 Å². The number of fused-ring (bicyclic) bond motifs is 1. The van der Waals surface area contributed by atoms with Gasteiger partial charge in [0.2, 0.25) is 17.8 Å². The molecular weight excluding hydrogens is 264 g/mol. The summed E-state index contributed by atoms with van der Waals surface area (Å²) in [6.45, 7) is 0.675. The van der Waals surface area contributed by atoms with Gasteiger partial charge in [-0.2, -0.15) is 15.0 Å². The molecule has 100 valence electrons. The van der Waals surface area contributed by atoms with Crippen molar-refractivity contribution >= 4 is 29.2 Å². The second-order valence-electron chi connectivity index (χ2n) is 4.25. The smallest absolute Gasteiger partial charge is 0.234 e. The van der Waals surface area contributed by atoms with Crippen molar-refractivity contribution in [3.63, 3.8) is 0 Å². The van der Waals surface area contributed by atoms with Gasteiger partial charge in [0.15, 0.2) is 6.23 Å². The highest BCUT2D eigenvalue weighted by atomic mass is 32.1. The molecule has 0 spiro atoms. The number of thiophene rings is 1. The van der Waals surface area contributed by atoms with Crippen LogP contribution in [0.4, 0.5) is 17.8 Å². The second-order valence-corrected chi connectivity index (χ2v) is 5.19. The Kier molecular flexibility index (Phi) is 2.96. The maximum absolute atomic E-state index is 5.81. The van der Waals surface area contributed by atoms with Gasteiger partial charge in [-0.05, 0) is 23.4 Å². The number of anilines is 3. The van der Waals surface area contributed by atoms with Gasteiger partial charge >= 0.3 is 0 Å². The largest absolute Gasteiger partial charge is 0.368 e. The monoisotopic (exact) mass is 278 g/mol. The lowest BCUT2D eigenvalue weighted by Crippen LogP contribution is -2.31. The minimum Gasteiger partial charge on any atom is -0.368 e. The number of nitrogen functional groups attached to an aromatic ring is 2. The summed E-state index contributed by atoms with van der Waals surface area (Å²) in [6, 6.07) is 2.12. The lowest BCUT2D eigenvalue weighted by atomic mass is 10.1. The standard InChI is InChI=1S/C11H14N6OS/c1-17(11-15-9(12)14-10(13)16-11)8-7-6(2-4-18-8)3-5-19-7/h3,5,8H,2,4H2,1H3,(H4,12,13,14,15,16). The molecule has 3 rings (SSSR count). The summed E-state index contributed by atoms with van der Waals surface area (Å²) in [7, 11) is 1.85. The molecule has 2 aromatic heterocycles. The average molecular weight is 278 g/mol. The predicted octanol–water partition coefficient (Wildman–Crippen LogP) is 0.805. The molecule has 1 aliphatic heterocycles. The van der Waals surface area contributed by atoms with Crippen LogP contribution in [0.15, 0.2) is 11.4 Å². The Morgan fingerprint density at radius 3 is 2.79 bits per heavy atom. The molecule has 0 fully saturated rings. The maximum atomic E-state index is 5.81. The summed E-state index contributed by atoms with van der Waals surface area (Å²) in [5.74, 6) is 0.629. The van der Waals surface area contributed by atoms with Gasteiger partial charge in [-0.25, -0.2) is 0 Å². The summed E-state index contributed by atoms with van der Waals surface area (Å²) < 4.78 is 5.81. The molecule has 2 aromatic rings. The van der Waals surface area contributed by atoms with E-state index >= 15 is 0 Å². The molecule has 7 nitrogen and oxygen atoms in total. The molecule has 0 bridgehead atoms. The van der Waals surface area contributed by atoms with Crippen molar-refractivity contribution in [1.29, 1.82) is 0 Å². The molecule has 8 heteroatoms. The predicted molar refractivity (Wildman–Crippen MR) is 73.8 cm³/mol. The van der Waals surface area contributed by atoms with Crippen LogP contribution in [0.1, 0.15) is 16.7 Å². The lowest BCUT2D eigenvalue weighted by Gasteiger charge is -2.31.